The molecule has 4 rings (SSSR count). The highest BCUT2D eigenvalue weighted by Crippen LogP contribution is 2.35. The predicted molar refractivity (Wildman–Crippen MR) is 172 cm³/mol. The van der Waals surface area contributed by atoms with Crippen molar-refractivity contribution in [1.82, 2.24) is 0 Å². The molecular formula is C37H44O4S. The second-order valence-corrected chi connectivity index (χ2v) is 14.0. The third kappa shape index (κ3) is 6.90. The van der Waals surface area contributed by atoms with E-state index in [1.807, 2.05) is 24.3 Å². The molecular weight excluding hydrogens is 540 g/mol. The quantitative estimate of drug-likeness (QED) is 0.166. The first-order valence-corrected chi connectivity index (χ1v) is 16.4. The van der Waals surface area contributed by atoms with Gasteiger partial charge in [0.15, 0.2) is 0 Å². The second kappa shape index (κ2) is 12.7. The van der Waals surface area contributed by atoms with E-state index in [4.69, 9.17) is 9.47 Å². The molecule has 0 amide bonds. The minimum absolute atomic E-state index is 0.00270. The summed E-state index contributed by atoms with van der Waals surface area (Å²) in [6.45, 7) is 15.2. The second-order valence-electron chi connectivity index (χ2n) is 12.1. The molecule has 0 spiro atoms. The van der Waals surface area contributed by atoms with Crippen molar-refractivity contribution >= 4 is 9.84 Å². The van der Waals surface area contributed by atoms with Gasteiger partial charge in [-0.15, -0.1) is 0 Å². The molecule has 0 aliphatic heterocycles. The van der Waals surface area contributed by atoms with Crippen molar-refractivity contribution in [2.45, 2.75) is 94.5 Å². The number of hydrogen-bond donors (Lipinski definition) is 0. The van der Waals surface area contributed by atoms with Crippen molar-refractivity contribution in [3.05, 3.63) is 114 Å². The highest BCUT2D eigenvalue weighted by atomic mass is 32.2. The number of ether oxygens (including phenoxy) is 2. The third-order valence-electron chi connectivity index (χ3n) is 8.57. The van der Waals surface area contributed by atoms with Crippen LogP contribution in [0.15, 0.2) is 107 Å². The van der Waals surface area contributed by atoms with Gasteiger partial charge in [-0.05, 0) is 102 Å². The Hall–Kier alpha value is -3.57. The van der Waals surface area contributed by atoms with Crippen molar-refractivity contribution in [3.63, 3.8) is 0 Å². The van der Waals surface area contributed by atoms with E-state index in [-0.39, 0.29) is 21.8 Å². The molecule has 0 aromatic heterocycles. The van der Waals surface area contributed by atoms with Gasteiger partial charge in [0, 0.05) is 5.41 Å². The fourth-order valence-electron chi connectivity index (χ4n) is 4.95. The zero-order valence-corrected chi connectivity index (χ0v) is 26.8. The van der Waals surface area contributed by atoms with E-state index in [1.54, 1.807) is 36.4 Å². The SMILES string of the molecule is CCC(CC)Oc1ccc(C(C)(C)c2ccc(Oc3ccc(S(=O)(=O)c4ccc(C(C)(C)CC)cc4)cc3)cc2)cc1. The molecule has 42 heavy (non-hydrogen) atoms. The summed E-state index contributed by atoms with van der Waals surface area (Å²) in [5.74, 6) is 2.17. The van der Waals surface area contributed by atoms with Crippen LogP contribution in [-0.2, 0) is 20.7 Å². The fraction of sp³-hybridized carbons (Fsp3) is 0.351. The summed E-state index contributed by atoms with van der Waals surface area (Å²) in [5, 5.41) is 0. The molecule has 0 N–H and O–H groups in total. The Bertz CT molecular complexity index is 1550. The molecule has 0 radical (unpaired) electrons. The van der Waals surface area contributed by atoms with Crippen LogP contribution in [0.2, 0.25) is 0 Å². The van der Waals surface area contributed by atoms with E-state index < -0.39 is 9.84 Å². The van der Waals surface area contributed by atoms with Gasteiger partial charge in [0.25, 0.3) is 0 Å². The Morgan fingerprint density at radius 1 is 0.571 bits per heavy atom. The minimum atomic E-state index is -3.62. The van der Waals surface area contributed by atoms with Crippen LogP contribution in [0, 0.1) is 0 Å². The first-order chi connectivity index (χ1) is 19.9. The Labute approximate surface area is 252 Å². The Balaban J connectivity index is 1.43. The van der Waals surface area contributed by atoms with E-state index >= 15 is 0 Å². The summed E-state index contributed by atoms with van der Waals surface area (Å²) in [4.78, 5) is 0.532. The number of hydrogen-bond acceptors (Lipinski definition) is 4. The monoisotopic (exact) mass is 584 g/mol. The van der Waals surface area contributed by atoms with E-state index in [0.717, 1.165) is 30.6 Å². The zero-order chi connectivity index (χ0) is 30.5. The van der Waals surface area contributed by atoms with Gasteiger partial charge >= 0.3 is 0 Å². The van der Waals surface area contributed by atoms with Crippen molar-refractivity contribution in [1.29, 1.82) is 0 Å². The molecule has 4 aromatic carbocycles. The van der Waals surface area contributed by atoms with Crippen LogP contribution in [0.3, 0.4) is 0 Å². The highest BCUT2D eigenvalue weighted by Gasteiger charge is 2.24. The standard InChI is InChI=1S/C37H44O4S/c1-8-30(9-2)40-31-17-11-28(12-18-31)37(6,7)29-13-19-32(20-14-29)41-33-21-25-35(26-22-33)42(38,39)34-23-15-27(16-24-34)36(4,5)10-3/h11-26,30H,8-10H2,1-7H3. The largest absolute Gasteiger partial charge is 0.490 e. The fourth-order valence-corrected chi connectivity index (χ4v) is 6.21. The van der Waals surface area contributed by atoms with E-state index in [2.05, 4.69) is 84.9 Å². The highest BCUT2D eigenvalue weighted by molar-refractivity contribution is 7.91. The van der Waals surface area contributed by atoms with Crippen LogP contribution in [0.5, 0.6) is 17.2 Å². The number of sulfone groups is 1. The molecule has 0 saturated heterocycles. The molecule has 0 unspecified atom stereocenters. The summed E-state index contributed by atoms with van der Waals surface area (Å²) in [5.41, 5.74) is 3.30. The van der Waals surface area contributed by atoms with Gasteiger partial charge in [-0.3, -0.25) is 0 Å². The van der Waals surface area contributed by atoms with Gasteiger partial charge in [-0.1, -0.05) is 84.9 Å². The van der Waals surface area contributed by atoms with Gasteiger partial charge in [0.2, 0.25) is 9.84 Å². The summed E-state index contributed by atoms with van der Waals surface area (Å²) in [6.07, 6.45) is 3.21. The first kappa shape index (κ1) is 31.4. The van der Waals surface area contributed by atoms with E-state index in [9.17, 15) is 8.42 Å². The normalized spacial score (nSPS) is 12.4. The number of rotatable bonds is 12. The third-order valence-corrected chi connectivity index (χ3v) is 10.4. The van der Waals surface area contributed by atoms with Crippen molar-refractivity contribution < 1.29 is 17.9 Å². The van der Waals surface area contributed by atoms with Crippen molar-refractivity contribution in [3.8, 4) is 17.2 Å². The first-order valence-electron chi connectivity index (χ1n) is 14.9. The van der Waals surface area contributed by atoms with Crippen LogP contribution in [-0.4, -0.2) is 14.5 Å². The van der Waals surface area contributed by atoms with Gasteiger partial charge in [0.1, 0.15) is 17.2 Å². The Morgan fingerprint density at radius 2 is 0.952 bits per heavy atom. The number of benzene rings is 4. The maximum Gasteiger partial charge on any atom is 0.206 e. The Morgan fingerprint density at radius 3 is 1.38 bits per heavy atom. The Kier molecular flexibility index (Phi) is 9.52. The lowest BCUT2D eigenvalue weighted by Gasteiger charge is -2.27. The maximum absolute atomic E-state index is 13.2. The lowest BCUT2D eigenvalue weighted by Crippen LogP contribution is -2.19. The molecule has 4 aromatic rings. The molecule has 0 bridgehead atoms. The van der Waals surface area contributed by atoms with Crippen LogP contribution >= 0.6 is 0 Å². The zero-order valence-electron chi connectivity index (χ0n) is 26.0. The summed E-state index contributed by atoms with van der Waals surface area (Å²) >= 11 is 0. The van der Waals surface area contributed by atoms with Crippen LogP contribution in [0.25, 0.3) is 0 Å². The smallest absolute Gasteiger partial charge is 0.206 e. The minimum Gasteiger partial charge on any atom is -0.490 e. The molecule has 0 saturated carbocycles. The van der Waals surface area contributed by atoms with Gasteiger partial charge in [0.05, 0.1) is 15.9 Å². The molecule has 0 fully saturated rings. The summed E-state index contributed by atoms with van der Waals surface area (Å²) in [6, 6.07) is 30.3. The molecule has 0 heterocycles. The summed E-state index contributed by atoms with van der Waals surface area (Å²) < 4.78 is 38.6. The molecule has 5 heteroatoms. The van der Waals surface area contributed by atoms with Crippen LogP contribution in [0.4, 0.5) is 0 Å². The average molecular weight is 585 g/mol. The average Bonchev–Trinajstić information content (AvgIpc) is 3.00. The van der Waals surface area contributed by atoms with Crippen molar-refractivity contribution in [2.75, 3.05) is 0 Å². The van der Waals surface area contributed by atoms with Crippen LogP contribution < -0.4 is 9.47 Å². The molecule has 4 nitrogen and oxygen atoms in total. The maximum atomic E-state index is 13.2. The van der Waals surface area contributed by atoms with Gasteiger partial charge in [-0.2, -0.15) is 0 Å². The van der Waals surface area contributed by atoms with E-state index in [1.165, 1.54) is 11.1 Å². The molecule has 0 aliphatic carbocycles. The van der Waals surface area contributed by atoms with Gasteiger partial charge < -0.3 is 9.47 Å². The van der Waals surface area contributed by atoms with Crippen LogP contribution in [0.1, 0.15) is 84.4 Å². The molecule has 0 aliphatic rings. The van der Waals surface area contributed by atoms with Crippen molar-refractivity contribution in [2.24, 2.45) is 0 Å². The molecule has 0 atom stereocenters. The van der Waals surface area contributed by atoms with Gasteiger partial charge in [-0.25, -0.2) is 8.42 Å². The van der Waals surface area contributed by atoms with E-state index in [0.29, 0.717) is 16.4 Å². The topological polar surface area (TPSA) is 52.6 Å². The summed E-state index contributed by atoms with van der Waals surface area (Å²) in [7, 11) is -3.62. The lowest BCUT2D eigenvalue weighted by molar-refractivity contribution is 0.193. The molecule has 222 valence electrons. The lowest BCUT2D eigenvalue weighted by atomic mass is 9.78. The predicted octanol–water partition coefficient (Wildman–Crippen LogP) is 9.89.